The van der Waals surface area contributed by atoms with Crippen LogP contribution in [-0.2, 0) is 0 Å². The third-order valence-electron chi connectivity index (χ3n) is 2.53. The first-order chi connectivity index (χ1) is 9.19. The van der Waals surface area contributed by atoms with Crippen molar-refractivity contribution in [1.82, 2.24) is 4.98 Å². The van der Waals surface area contributed by atoms with E-state index in [-0.39, 0.29) is 0 Å². The van der Waals surface area contributed by atoms with E-state index >= 15 is 0 Å². The number of aromatic nitrogens is 1. The molecule has 0 aliphatic carbocycles. The number of rotatable bonds is 5. The van der Waals surface area contributed by atoms with Crippen LogP contribution in [0.15, 0.2) is 36.5 Å². The minimum absolute atomic E-state index is 0.590. The summed E-state index contributed by atoms with van der Waals surface area (Å²) in [5, 5.41) is 7.70. The van der Waals surface area contributed by atoms with Crippen LogP contribution in [0.5, 0.6) is 0 Å². The Hall–Kier alpha value is -1.45. The molecule has 0 atom stereocenters. The van der Waals surface area contributed by atoms with Crippen molar-refractivity contribution < 1.29 is 0 Å². The van der Waals surface area contributed by atoms with E-state index in [0.717, 1.165) is 30.2 Å². The molecule has 0 aliphatic heterocycles. The summed E-state index contributed by atoms with van der Waals surface area (Å²) in [6.07, 6.45) is 2.81. The number of benzene rings is 1. The van der Waals surface area contributed by atoms with Crippen molar-refractivity contribution in [3.05, 3.63) is 46.6 Å². The van der Waals surface area contributed by atoms with Gasteiger partial charge in [0.2, 0.25) is 0 Å². The van der Waals surface area contributed by atoms with Crippen molar-refractivity contribution in [3.63, 3.8) is 0 Å². The van der Waals surface area contributed by atoms with Crippen LogP contribution in [0.1, 0.15) is 13.3 Å². The average Bonchev–Trinajstić information content (AvgIpc) is 2.40. The number of nitrogens with one attached hydrogen (secondary N) is 2. The Morgan fingerprint density at radius 3 is 2.74 bits per heavy atom. The number of hydrogen-bond donors (Lipinski definition) is 2. The largest absolute Gasteiger partial charge is 0.370 e. The molecule has 0 amide bonds. The molecule has 0 spiro atoms. The first kappa shape index (κ1) is 14.0. The standard InChI is InChI=1S/C14H15Cl2N3/c1-2-6-17-14-9-11(5-7-18-14)19-13-4-3-10(15)8-12(13)16/h3-5,7-9H,2,6H2,1H3,(H2,17,18,19). The van der Waals surface area contributed by atoms with E-state index in [1.807, 2.05) is 18.2 Å². The second kappa shape index (κ2) is 6.64. The number of anilines is 3. The Morgan fingerprint density at radius 1 is 1.16 bits per heavy atom. The molecule has 0 saturated carbocycles. The summed E-state index contributed by atoms with van der Waals surface area (Å²) >= 11 is 12.0. The first-order valence-corrected chi connectivity index (χ1v) is 6.86. The highest BCUT2D eigenvalue weighted by Crippen LogP contribution is 2.28. The van der Waals surface area contributed by atoms with E-state index < -0.39 is 0 Å². The maximum atomic E-state index is 6.12. The van der Waals surface area contributed by atoms with Gasteiger partial charge in [-0.15, -0.1) is 0 Å². The minimum atomic E-state index is 0.590. The molecule has 0 fully saturated rings. The molecule has 1 aromatic carbocycles. The van der Waals surface area contributed by atoms with Crippen LogP contribution in [0.3, 0.4) is 0 Å². The van der Waals surface area contributed by atoms with Gasteiger partial charge >= 0.3 is 0 Å². The van der Waals surface area contributed by atoms with Gasteiger partial charge in [-0.25, -0.2) is 4.98 Å². The molecule has 2 N–H and O–H groups in total. The summed E-state index contributed by atoms with van der Waals surface area (Å²) in [5.74, 6) is 0.844. The number of pyridine rings is 1. The zero-order valence-electron chi connectivity index (χ0n) is 10.6. The summed E-state index contributed by atoms with van der Waals surface area (Å²) in [6, 6.07) is 9.20. The lowest BCUT2D eigenvalue weighted by molar-refractivity contribution is 0.969. The Morgan fingerprint density at radius 2 is 2.00 bits per heavy atom. The van der Waals surface area contributed by atoms with Crippen LogP contribution in [0, 0.1) is 0 Å². The van der Waals surface area contributed by atoms with Crippen molar-refractivity contribution in [2.24, 2.45) is 0 Å². The van der Waals surface area contributed by atoms with E-state index in [0.29, 0.717) is 10.0 Å². The van der Waals surface area contributed by atoms with E-state index in [2.05, 4.69) is 22.5 Å². The van der Waals surface area contributed by atoms with Gasteiger partial charge in [0.25, 0.3) is 0 Å². The molecule has 2 rings (SSSR count). The third-order valence-corrected chi connectivity index (χ3v) is 3.07. The van der Waals surface area contributed by atoms with Crippen LogP contribution in [0.4, 0.5) is 17.2 Å². The molecule has 19 heavy (non-hydrogen) atoms. The quantitative estimate of drug-likeness (QED) is 0.819. The fraction of sp³-hybridized carbons (Fsp3) is 0.214. The predicted octanol–water partition coefficient (Wildman–Crippen LogP) is 4.95. The van der Waals surface area contributed by atoms with E-state index in [4.69, 9.17) is 23.2 Å². The van der Waals surface area contributed by atoms with Crippen LogP contribution >= 0.6 is 23.2 Å². The molecule has 0 radical (unpaired) electrons. The maximum Gasteiger partial charge on any atom is 0.127 e. The smallest absolute Gasteiger partial charge is 0.127 e. The van der Waals surface area contributed by atoms with Crippen molar-refractivity contribution in [2.75, 3.05) is 17.2 Å². The van der Waals surface area contributed by atoms with Gasteiger partial charge in [0.15, 0.2) is 0 Å². The molecule has 0 aliphatic rings. The van der Waals surface area contributed by atoms with Gasteiger partial charge in [-0.2, -0.15) is 0 Å². The van der Waals surface area contributed by atoms with Crippen LogP contribution in [0.25, 0.3) is 0 Å². The van der Waals surface area contributed by atoms with Crippen molar-refractivity contribution >= 4 is 40.4 Å². The van der Waals surface area contributed by atoms with E-state index in [1.54, 1.807) is 18.3 Å². The maximum absolute atomic E-state index is 6.12. The molecule has 1 aromatic heterocycles. The SMILES string of the molecule is CCCNc1cc(Nc2ccc(Cl)cc2Cl)ccn1. The molecule has 3 nitrogen and oxygen atoms in total. The monoisotopic (exact) mass is 295 g/mol. The Labute approximate surface area is 123 Å². The Balaban J connectivity index is 2.14. The zero-order valence-corrected chi connectivity index (χ0v) is 12.1. The lowest BCUT2D eigenvalue weighted by Gasteiger charge is -2.10. The normalized spacial score (nSPS) is 10.3. The van der Waals surface area contributed by atoms with Crippen molar-refractivity contribution in [1.29, 1.82) is 0 Å². The third kappa shape index (κ3) is 4.01. The van der Waals surface area contributed by atoms with Crippen LogP contribution in [-0.4, -0.2) is 11.5 Å². The zero-order chi connectivity index (χ0) is 13.7. The molecular formula is C14H15Cl2N3. The summed E-state index contributed by atoms with van der Waals surface area (Å²) in [4.78, 5) is 4.25. The number of halogens is 2. The molecule has 2 aromatic rings. The number of hydrogen-bond acceptors (Lipinski definition) is 3. The van der Waals surface area contributed by atoms with Crippen LogP contribution < -0.4 is 10.6 Å². The van der Waals surface area contributed by atoms with Gasteiger partial charge in [-0.05, 0) is 30.7 Å². The second-order valence-corrected chi connectivity index (χ2v) is 4.95. The molecule has 1 heterocycles. The predicted molar refractivity (Wildman–Crippen MR) is 82.8 cm³/mol. The Kier molecular flexibility index (Phi) is 4.88. The fourth-order valence-corrected chi connectivity index (χ4v) is 2.06. The Bertz CT molecular complexity index is 558. The van der Waals surface area contributed by atoms with E-state index in [9.17, 15) is 0 Å². The molecule has 0 saturated heterocycles. The van der Waals surface area contributed by atoms with Crippen molar-refractivity contribution in [3.8, 4) is 0 Å². The average molecular weight is 296 g/mol. The van der Waals surface area contributed by atoms with Gasteiger partial charge < -0.3 is 10.6 Å². The highest BCUT2D eigenvalue weighted by atomic mass is 35.5. The van der Waals surface area contributed by atoms with Gasteiger partial charge in [0.05, 0.1) is 10.7 Å². The summed E-state index contributed by atoms with van der Waals surface area (Å²) in [6.45, 7) is 3.01. The van der Waals surface area contributed by atoms with Crippen LogP contribution in [0.2, 0.25) is 10.0 Å². The highest BCUT2D eigenvalue weighted by Gasteiger charge is 2.02. The summed E-state index contributed by atoms with van der Waals surface area (Å²) in [5.41, 5.74) is 1.75. The molecule has 0 unspecified atom stereocenters. The van der Waals surface area contributed by atoms with Gasteiger partial charge in [-0.1, -0.05) is 30.1 Å². The van der Waals surface area contributed by atoms with Crippen molar-refractivity contribution in [2.45, 2.75) is 13.3 Å². The highest BCUT2D eigenvalue weighted by molar-refractivity contribution is 6.36. The number of nitrogens with zero attached hydrogens (tertiary/aromatic N) is 1. The second-order valence-electron chi connectivity index (χ2n) is 4.11. The molecule has 0 bridgehead atoms. The first-order valence-electron chi connectivity index (χ1n) is 6.11. The fourth-order valence-electron chi connectivity index (χ4n) is 1.60. The summed E-state index contributed by atoms with van der Waals surface area (Å²) in [7, 11) is 0. The lowest BCUT2D eigenvalue weighted by Crippen LogP contribution is -2.02. The molecule has 5 heteroatoms. The summed E-state index contributed by atoms with van der Waals surface area (Å²) < 4.78 is 0. The van der Waals surface area contributed by atoms with E-state index in [1.165, 1.54) is 0 Å². The topological polar surface area (TPSA) is 37.0 Å². The van der Waals surface area contributed by atoms with Gasteiger partial charge in [-0.3, -0.25) is 0 Å². The molecular weight excluding hydrogens is 281 g/mol. The lowest BCUT2D eigenvalue weighted by atomic mass is 10.3. The van der Waals surface area contributed by atoms with Gasteiger partial charge in [0, 0.05) is 29.5 Å². The van der Waals surface area contributed by atoms with Gasteiger partial charge in [0.1, 0.15) is 5.82 Å². The molecule has 100 valence electrons. The minimum Gasteiger partial charge on any atom is -0.370 e.